The molecule has 1 aromatic heterocycles. The lowest BCUT2D eigenvalue weighted by atomic mass is 10.0. The summed E-state index contributed by atoms with van der Waals surface area (Å²) in [5, 5.41) is 11.2. The van der Waals surface area contributed by atoms with Gasteiger partial charge in [-0.25, -0.2) is 0 Å². The number of ether oxygens (including phenoxy) is 1. The van der Waals surface area contributed by atoms with Gasteiger partial charge < -0.3 is 14.5 Å². The number of aryl methyl sites for hydroxylation is 1. The molecule has 1 heterocycles. The zero-order valence-corrected chi connectivity index (χ0v) is 17.0. The van der Waals surface area contributed by atoms with E-state index in [-0.39, 0.29) is 18.3 Å². The Bertz CT molecular complexity index is 940. The topological polar surface area (TPSA) is 77.2 Å². The van der Waals surface area contributed by atoms with Crippen molar-refractivity contribution in [2.45, 2.75) is 38.5 Å². The van der Waals surface area contributed by atoms with Gasteiger partial charge in [-0.15, -0.1) is 10.2 Å². The quantitative estimate of drug-likeness (QED) is 0.550. The van der Waals surface area contributed by atoms with Crippen LogP contribution in [-0.2, 0) is 11.4 Å². The molecule has 0 saturated carbocycles. The molecule has 1 N–H and O–H groups in total. The van der Waals surface area contributed by atoms with Gasteiger partial charge in [-0.2, -0.15) is 0 Å². The predicted molar refractivity (Wildman–Crippen MR) is 110 cm³/mol. The van der Waals surface area contributed by atoms with Gasteiger partial charge in [-0.3, -0.25) is 4.79 Å². The van der Waals surface area contributed by atoms with Crippen LogP contribution in [-0.4, -0.2) is 21.9 Å². The summed E-state index contributed by atoms with van der Waals surface area (Å²) < 4.78 is 11.2. The first kappa shape index (κ1) is 19.9. The number of carbonyl (C=O) groups excluding carboxylic acids is 1. The Kier molecular flexibility index (Phi) is 6.71. The lowest BCUT2D eigenvalue weighted by Crippen LogP contribution is -2.15. The van der Waals surface area contributed by atoms with Crippen molar-refractivity contribution < 1.29 is 13.9 Å². The molecule has 0 radical (unpaired) electrons. The number of benzene rings is 2. The van der Waals surface area contributed by atoms with Crippen molar-refractivity contribution in [3.05, 3.63) is 65.5 Å². The monoisotopic (exact) mass is 397 g/mol. The second-order valence-corrected chi connectivity index (χ2v) is 7.52. The van der Waals surface area contributed by atoms with Gasteiger partial charge in [0, 0.05) is 5.69 Å². The van der Waals surface area contributed by atoms with Crippen LogP contribution in [0.2, 0.25) is 0 Å². The normalized spacial score (nSPS) is 10.9. The number of para-hydroxylation sites is 2. The van der Waals surface area contributed by atoms with Gasteiger partial charge >= 0.3 is 0 Å². The van der Waals surface area contributed by atoms with E-state index in [2.05, 4.69) is 29.4 Å². The Morgan fingerprint density at radius 2 is 1.89 bits per heavy atom. The average Bonchev–Trinajstić information content (AvgIpc) is 3.14. The zero-order chi connectivity index (χ0) is 19.9. The van der Waals surface area contributed by atoms with E-state index in [9.17, 15) is 4.79 Å². The SMILES string of the molecule is Cc1ccccc1OCc1nnc(SCC(=O)Nc2ccccc2C(C)C)o1. The molecule has 146 valence electrons. The largest absolute Gasteiger partial charge is 0.484 e. The van der Waals surface area contributed by atoms with Crippen LogP contribution in [0.3, 0.4) is 0 Å². The Hall–Kier alpha value is -2.80. The van der Waals surface area contributed by atoms with Crippen molar-refractivity contribution in [2.75, 3.05) is 11.1 Å². The Labute approximate surface area is 168 Å². The molecule has 7 heteroatoms. The summed E-state index contributed by atoms with van der Waals surface area (Å²) in [5.74, 6) is 1.55. The molecule has 3 rings (SSSR count). The van der Waals surface area contributed by atoms with Crippen LogP contribution >= 0.6 is 11.8 Å². The van der Waals surface area contributed by atoms with Crippen LogP contribution in [0.1, 0.15) is 36.8 Å². The fourth-order valence-corrected chi connectivity index (χ4v) is 3.22. The zero-order valence-electron chi connectivity index (χ0n) is 16.1. The minimum absolute atomic E-state index is 0.117. The summed E-state index contributed by atoms with van der Waals surface area (Å²) >= 11 is 1.20. The third-order valence-corrected chi connectivity index (χ3v) is 4.90. The fraction of sp³-hybridized carbons (Fsp3) is 0.286. The highest BCUT2D eigenvalue weighted by Crippen LogP contribution is 2.24. The Morgan fingerprint density at radius 1 is 1.14 bits per heavy atom. The molecule has 2 aromatic carbocycles. The summed E-state index contributed by atoms with van der Waals surface area (Å²) in [6.07, 6.45) is 0. The molecular weight excluding hydrogens is 374 g/mol. The van der Waals surface area contributed by atoms with Crippen LogP contribution in [0.25, 0.3) is 0 Å². The van der Waals surface area contributed by atoms with Gasteiger partial charge in [0.1, 0.15) is 5.75 Å². The maximum absolute atomic E-state index is 12.3. The molecular formula is C21H23N3O3S. The van der Waals surface area contributed by atoms with Crippen LogP contribution in [0, 0.1) is 6.92 Å². The number of aromatic nitrogens is 2. The molecule has 1 amide bonds. The predicted octanol–water partition coefficient (Wildman–Crippen LogP) is 4.81. The van der Waals surface area contributed by atoms with Crippen molar-refractivity contribution in [2.24, 2.45) is 0 Å². The van der Waals surface area contributed by atoms with Crippen molar-refractivity contribution in [3.8, 4) is 5.75 Å². The standard InChI is InChI=1S/C21H23N3O3S/c1-14(2)16-9-5-6-10-17(16)22-19(25)13-28-21-24-23-20(27-21)12-26-18-11-7-4-8-15(18)3/h4-11,14H,12-13H2,1-3H3,(H,22,25). The number of carbonyl (C=O) groups is 1. The summed E-state index contributed by atoms with van der Waals surface area (Å²) in [6.45, 7) is 6.35. The summed E-state index contributed by atoms with van der Waals surface area (Å²) in [4.78, 5) is 12.3. The third kappa shape index (κ3) is 5.36. The lowest BCUT2D eigenvalue weighted by molar-refractivity contribution is -0.113. The first-order valence-corrected chi connectivity index (χ1v) is 10.0. The highest BCUT2D eigenvalue weighted by atomic mass is 32.2. The van der Waals surface area contributed by atoms with E-state index in [0.717, 1.165) is 22.6 Å². The maximum atomic E-state index is 12.3. The van der Waals surface area contributed by atoms with E-state index in [1.54, 1.807) is 0 Å². The molecule has 0 bridgehead atoms. The molecule has 0 aliphatic heterocycles. The van der Waals surface area contributed by atoms with E-state index >= 15 is 0 Å². The van der Waals surface area contributed by atoms with Crippen LogP contribution in [0.4, 0.5) is 5.69 Å². The molecule has 0 aliphatic carbocycles. The number of hydrogen-bond acceptors (Lipinski definition) is 6. The number of amides is 1. The number of nitrogens with zero attached hydrogens (tertiary/aromatic N) is 2. The highest BCUT2D eigenvalue weighted by molar-refractivity contribution is 7.99. The van der Waals surface area contributed by atoms with E-state index < -0.39 is 0 Å². The molecule has 0 saturated heterocycles. The lowest BCUT2D eigenvalue weighted by Gasteiger charge is -2.13. The van der Waals surface area contributed by atoms with E-state index in [1.807, 2.05) is 55.5 Å². The number of anilines is 1. The number of nitrogens with one attached hydrogen (secondary N) is 1. The fourth-order valence-electron chi connectivity index (χ4n) is 2.64. The maximum Gasteiger partial charge on any atom is 0.277 e. The van der Waals surface area contributed by atoms with Crippen molar-refractivity contribution in [1.29, 1.82) is 0 Å². The summed E-state index contributed by atoms with van der Waals surface area (Å²) in [7, 11) is 0. The van der Waals surface area contributed by atoms with Crippen LogP contribution < -0.4 is 10.1 Å². The van der Waals surface area contributed by atoms with E-state index in [1.165, 1.54) is 11.8 Å². The van der Waals surface area contributed by atoms with Gasteiger partial charge in [0.2, 0.25) is 5.91 Å². The minimum atomic E-state index is -0.117. The highest BCUT2D eigenvalue weighted by Gasteiger charge is 2.13. The van der Waals surface area contributed by atoms with Crippen molar-refractivity contribution in [3.63, 3.8) is 0 Å². The van der Waals surface area contributed by atoms with E-state index in [4.69, 9.17) is 9.15 Å². The number of rotatable bonds is 8. The smallest absolute Gasteiger partial charge is 0.277 e. The minimum Gasteiger partial charge on any atom is -0.484 e. The summed E-state index contributed by atoms with van der Waals surface area (Å²) in [5.41, 5.74) is 2.98. The number of thioether (sulfide) groups is 1. The Balaban J connectivity index is 1.50. The van der Waals surface area contributed by atoms with Crippen molar-refractivity contribution in [1.82, 2.24) is 10.2 Å². The first-order chi connectivity index (χ1) is 13.5. The molecule has 0 atom stereocenters. The van der Waals surface area contributed by atoms with Gasteiger partial charge in [0.25, 0.3) is 11.1 Å². The molecule has 28 heavy (non-hydrogen) atoms. The second kappa shape index (κ2) is 9.41. The molecule has 0 spiro atoms. The molecule has 0 fully saturated rings. The summed E-state index contributed by atoms with van der Waals surface area (Å²) in [6, 6.07) is 15.5. The van der Waals surface area contributed by atoms with E-state index in [0.29, 0.717) is 17.0 Å². The van der Waals surface area contributed by atoms with Crippen molar-refractivity contribution >= 4 is 23.4 Å². The van der Waals surface area contributed by atoms with Gasteiger partial charge in [0.15, 0.2) is 6.61 Å². The third-order valence-electron chi connectivity index (χ3n) is 4.08. The number of hydrogen-bond donors (Lipinski definition) is 1. The van der Waals surface area contributed by atoms with Crippen LogP contribution in [0.5, 0.6) is 5.75 Å². The molecule has 3 aromatic rings. The molecule has 6 nitrogen and oxygen atoms in total. The van der Waals surface area contributed by atoms with Gasteiger partial charge in [0.05, 0.1) is 5.75 Å². The molecule has 0 unspecified atom stereocenters. The average molecular weight is 398 g/mol. The first-order valence-electron chi connectivity index (χ1n) is 9.05. The van der Waals surface area contributed by atoms with Crippen LogP contribution in [0.15, 0.2) is 58.2 Å². The second-order valence-electron chi connectivity index (χ2n) is 6.59. The molecule has 0 aliphatic rings. The van der Waals surface area contributed by atoms with Gasteiger partial charge in [-0.05, 0) is 36.1 Å². The van der Waals surface area contributed by atoms with Gasteiger partial charge in [-0.1, -0.05) is 62.0 Å². The Morgan fingerprint density at radius 3 is 2.68 bits per heavy atom.